The lowest BCUT2D eigenvalue weighted by molar-refractivity contribution is 0.248. The molecule has 2 heterocycles. The van der Waals surface area contributed by atoms with Crippen LogP contribution in [-0.4, -0.2) is 53.9 Å². The number of aromatic nitrogens is 2. The maximum Gasteiger partial charge on any atom is 0.331 e. The number of methoxy groups -OCH3 is 1. The summed E-state index contributed by atoms with van der Waals surface area (Å²) >= 11 is 6.09. The first-order valence-corrected chi connectivity index (χ1v) is 12.0. The number of aryl methyl sites for hydroxylation is 1. The predicted octanol–water partition coefficient (Wildman–Crippen LogP) is 3.24. The zero-order chi connectivity index (χ0) is 24.1. The molecule has 0 bridgehead atoms. The molecule has 2 aromatic carbocycles. The number of halogens is 1. The largest absolute Gasteiger partial charge is 0.495 e. The molecular weight excluding hydrogens is 452 g/mol. The van der Waals surface area contributed by atoms with Crippen LogP contribution in [0.25, 0.3) is 0 Å². The van der Waals surface area contributed by atoms with Crippen molar-refractivity contribution in [3.05, 3.63) is 91.7 Å². The molecule has 8 heteroatoms. The summed E-state index contributed by atoms with van der Waals surface area (Å²) < 4.78 is 8.51. The Bertz CT molecular complexity index is 1230. The Kier molecular flexibility index (Phi) is 7.75. The van der Waals surface area contributed by atoms with Gasteiger partial charge in [-0.1, -0.05) is 41.9 Å². The third-order valence-electron chi connectivity index (χ3n) is 6.32. The van der Waals surface area contributed by atoms with Crippen LogP contribution in [0.5, 0.6) is 5.75 Å². The smallest absolute Gasteiger partial charge is 0.331 e. The van der Waals surface area contributed by atoms with Gasteiger partial charge in [-0.15, -0.1) is 0 Å². The Labute approximate surface area is 204 Å². The second-order valence-corrected chi connectivity index (χ2v) is 9.10. The van der Waals surface area contributed by atoms with Crippen molar-refractivity contribution in [1.29, 1.82) is 0 Å². The SMILES string of the molecule is COc1cc(Cl)ccc1N1CCN(CCCn2c(=O)c(C)cn(Cc3ccccc3)c2=O)CC1. The van der Waals surface area contributed by atoms with E-state index in [1.807, 2.05) is 48.5 Å². The van der Waals surface area contributed by atoms with E-state index in [9.17, 15) is 9.59 Å². The van der Waals surface area contributed by atoms with Gasteiger partial charge in [-0.3, -0.25) is 18.8 Å². The first-order chi connectivity index (χ1) is 16.5. The molecule has 34 heavy (non-hydrogen) atoms. The van der Waals surface area contributed by atoms with E-state index in [2.05, 4.69) is 9.80 Å². The third-order valence-corrected chi connectivity index (χ3v) is 6.55. The number of anilines is 1. The fourth-order valence-electron chi connectivity index (χ4n) is 4.47. The van der Waals surface area contributed by atoms with E-state index < -0.39 is 0 Å². The monoisotopic (exact) mass is 482 g/mol. The second-order valence-electron chi connectivity index (χ2n) is 8.66. The summed E-state index contributed by atoms with van der Waals surface area (Å²) in [7, 11) is 1.66. The zero-order valence-electron chi connectivity index (χ0n) is 19.7. The summed E-state index contributed by atoms with van der Waals surface area (Å²) in [5.41, 5.74) is 2.22. The maximum atomic E-state index is 13.0. The van der Waals surface area contributed by atoms with Gasteiger partial charge < -0.3 is 9.64 Å². The van der Waals surface area contributed by atoms with Gasteiger partial charge in [0.15, 0.2) is 0 Å². The highest BCUT2D eigenvalue weighted by Crippen LogP contribution is 2.31. The number of benzene rings is 2. The molecule has 0 radical (unpaired) electrons. The Hall–Kier alpha value is -3.03. The summed E-state index contributed by atoms with van der Waals surface area (Å²) in [6.45, 7) is 7.06. The van der Waals surface area contributed by atoms with Crippen molar-refractivity contribution in [3.63, 3.8) is 0 Å². The van der Waals surface area contributed by atoms with E-state index in [1.165, 1.54) is 4.57 Å². The number of rotatable bonds is 8. The molecule has 1 aromatic heterocycles. The number of hydrogen-bond acceptors (Lipinski definition) is 5. The lowest BCUT2D eigenvalue weighted by atomic mass is 10.2. The maximum absolute atomic E-state index is 13.0. The van der Waals surface area contributed by atoms with Crippen LogP contribution in [0.3, 0.4) is 0 Å². The van der Waals surface area contributed by atoms with Crippen molar-refractivity contribution in [2.24, 2.45) is 0 Å². The van der Waals surface area contributed by atoms with Gasteiger partial charge in [0.25, 0.3) is 5.56 Å². The summed E-state index contributed by atoms with van der Waals surface area (Å²) in [4.78, 5) is 30.3. The zero-order valence-corrected chi connectivity index (χ0v) is 20.5. The Morgan fingerprint density at radius 2 is 1.71 bits per heavy atom. The van der Waals surface area contributed by atoms with Gasteiger partial charge in [0, 0.05) is 55.6 Å². The first kappa shape index (κ1) is 24.1. The van der Waals surface area contributed by atoms with Crippen LogP contribution in [0.15, 0.2) is 64.3 Å². The molecular formula is C26H31ClN4O3. The summed E-state index contributed by atoms with van der Waals surface area (Å²) in [5, 5.41) is 0.661. The van der Waals surface area contributed by atoms with Crippen LogP contribution in [-0.2, 0) is 13.1 Å². The molecule has 1 fully saturated rings. The normalized spacial score (nSPS) is 14.4. The van der Waals surface area contributed by atoms with Crippen LogP contribution in [0.2, 0.25) is 5.02 Å². The van der Waals surface area contributed by atoms with E-state index in [0.717, 1.165) is 56.1 Å². The Balaban J connectivity index is 1.35. The second kappa shape index (κ2) is 10.9. The van der Waals surface area contributed by atoms with Crippen LogP contribution in [0.4, 0.5) is 5.69 Å². The highest BCUT2D eigenvalue weighted by molar-refractivity contribution is 6.30. The van der Waals surface area contributed by atoms with Crippen LogP contribution in [0, 0.1) is 6.92 Å². The van der Waals surface area contributed by atoms with Crippen LogP contribution < -0.4 is 20.9 Å². The number of hydrogen-bond donors (Lipinski definition) is 0. The molecule has 0 atom stereocenters. The minimum absolute atomic E-state index is 0.200. The molecule has 7 nitrogen and oxygen atoms in total. The molecule has 1 aliphatic heterocycles. The molecule has 1 aliphatic rings. The average Bonchev–Trinajstić information content (AvgIpc) is 2.85. The van der Waals surface area contributed by atoms with Crippen molar-refractivity contribution >= 4 is 17.3 Å². The first-order valence-electron chi connectivity index (χ1n) is 11.6. The van der Waals surface area contributed by atoms with Gasteiger partial charge in [-0.05, 0) is 37.6 Å². The summed E-state index contributed by atoms with van der Waals surface area (Å²) in [6, 6.07) is 15.5. The minimum atomic E-state index is -0.251. The highest BCUT2D eigenvalue weighted by Gasteiger charge is 2.20. The molecule has 0 saturated carbocycles. The topological polar surface area (TPSA) is 59.7 Å². The Morgan fingerprint density at radius 1 is 0.971 bits per heavy atom. The van der Waals surface area contributed by atoms with Gasteiger partial charge in [0.1, 0.15) is 5.75 Å². The summed E-state index contributed by atoms with van der Waals surface area (Å²) in [6.07, 6.45) is 2.41. The molecule has 4 rings (SSSR count). The van der Waals surface area contributed by atoms with E-state index in [-0.39, 0.29) is 11.2 Å². The number of nitrogens with zero attached hydrogens (tertiary/aromatic N) is 4. The van der Waals surface area contributed by atoms with Crippen molar-refractivity contribution in [2.45, 2.75) is 26.4 Å². The average molecular weight is 483 g/mol. The number of ether oxygens (including phenoxy) is 1. The van der Waals surface area contributed by atoms with Gasteiger partial charge in [-0.25, -0.2) is 4.79 Å². The predicted molar refractivity (Wildman–Crippen MR) is 137 cm³/mol. The summed E-state index contributed by atoms with van der Waals surface area (Å²) in [5.74, 6) is 0.784. The quantitative estimate of drug-likeness (QED) is 0.493. The third kappa shape index (κ3) is 5.54. The number of piperazine rings is 1. The molecule has 0 N–H and O–H groups in total. The van der Waals surface area contributed by atoms with Gasteiger partial charge >= 0.3 is 5.69 Å². The van der Waals surface area contributed by atoms with Gasteiger partial charge in [-0.2, -0.15) is 0 Å². The van der Waals surface area contributed by atoms with Crippen molar-refractivity contribution < 1.29 is 4.74 Å². The van der Waals surface area contributed by atoms with Crippen molar-refractivity contribution in [1.82, 2.24) is 14.0 Å². The molecule has 0 amide bonds. The molecule has 1 saturated heterocycles. The minimum Gasteiger partial charge on any atom is -0.495 e. The van der Waals surface area contributed by atoms with Crippen LogP contribution >= 0.6 is 11.6 Å². The fraction of sp³-hybridized carbons (Fsp3) is 0.385. The highest BCUT2D eigenvalue weighted by atomic mass is 35.5. The van der Waals surface area contributed by atoms with Crippen LogP contribution in [0.1, 0.15) is 17.5 Å². The van der Waals surface area contributed by atoms with E-state index in [4.69, 9.17) is 16.3 Å². The van der Waals surface area contributed by atoms with Gasteiger partial charge in [0.2, 0.25) is 0 Å². The van der Waals surface area contributed by atoms with E-state index >= 15 is 0 Å². The van der Waals surface area contributed by atoms with E-state index in [1.54, 1.807) is 24.8 Å². The standard InChI is InChI=1S/C26H31ClN4O3/c1-20-18-30(19-21-7-4-3-5-8-21)26(33)31(25(20)32)12-6-11-28-13-15-29(16-14-28)23-10-9-22(27)17-24(23)34-2/h3-5,7-10,17-18H,6,11-16,19H2,1-2H3. The van der Waals surface area contributed by atoms with E-state index in [0.29, 0.717) is 23.7 Å². The van der Waals surface area contributed by atoms with Gasteiger partial charge in [0.05, 0.1) is 19.3 Å². The molecule has 3 aromatic rings. The molecule has 180 valence electrons. The lowest BCUT2D eigenvalue weighted by Gasteiger charge is -2.36. The Morgan fingerprint density at radius 3 is 2.41 bits per heavy atom. The van der Waals surface area contributed by atoms with Crippen molar-refractivity contribution in [3.8, 4) is 5.75 Å². The molecule has 0 unspecified atom stereocenters. The lowest BCUT2D eigenvalue weighted by Crippen LogP contribution is -2.47. The molecule has 0 aliphatic carbocycles. The fourth-order valence-corrected chi connectivity index (χ4v) is 4.63. The van der Waals surface area contributed by atoms with Crippen molar-refractivity contribution in [2.75, 3.05) is 44.7 Å². The molecule has 0 spiro atoms.